The number of rotatable bonds is 10. The Morgan fingerprint density at radius 3 is 2.83 bits per heavy atom. The van der Waals surface area contributed by atoms with Crippen molar-refractivity contribution in [1.29, 1.82) is 0 Å². The third kappa shape index (κ3) is 4.99. The molecule has 0 saturated heterocycles. The molecule has 3 aliphatic rings. The molecule has 1 unspecified atom stereocenters. The number of hydrogen-bond donors (Lipinski definition) is 4. The molecule has 10 nitrogen and oxygen atoms in total. The number of fused-ring (bicyclic) bond motifs is 1. The second-order valence-corrected chi connectivity index (χ2v) is 10.4. The number of nitrogens with one attached hydrogen (secondary N) is 1. The van der Waals surface area contributed by atoms with Gasteiger partial charge in [0, 0.05) is 30.6 Å². The van der Waals surface area contributed by atoms with Crippen molar-refractivity contribution in [3.05, 3.63) is 23.6 Å². The number of aliphatic hydroxyl groups excluding tert-OH is 3. The van der Waals surface area contributed by atoms with E-state index in [-0.39, 0.29) is 38.0 Å². The molecule has 2 heterocycles. The molecule has 13 heteroatoms. The van der Waals surface area contributed by atoms with Gasteiger partial charge in [-0.25, -0.2) is 23.4 Å². The highest BCUT2D eigenvalue weighted by atomic mass is 32.2. The van der Waals surface area contributed by atoms with Crippen molar-refractivity contribution in [3.8, 4) is 0 Å². The zero-order valence-corrected chi connectivity index (χ0v) is 20.6. The van der Waals surface area contributed by atoms with Gasteiger partial charge in [-0.05, 0) is 24.5 Å². The third-order valence-corrected chi connectivity index (χ3v) is 7.83. The van der Waals surface area contributed by atoms with Crippen molar-refractivity contribution in [1.82, 2.24) is 25.0 Å². The number of halogens is 2. The largest absolute Gasteiger partial charge is 0.394 e. The van der Waals surface area contributed by atoms with Crippen LogP contribution in [0.25, 0.3) is 11.2 Å². The molecule has 196 valence electrons. The third-order valence-electron chi connectivity index (χ3n) is 6.78. The van der Waals surface area contributed by atoms with E-state index in [4.69, 9.17) is 9.84 Å². The molecule has 2 fully saturated rings. The molecule has 3 aliphatic carbocycles. The lowest BCUT2D eigenvalue weighted by Gasteiger charge is -2.17. The summed E-state index contributed by atoms with van der Waals surface area (Å²) in [5.74, 6) is 0.609. The fourth-order valence-electron chi connectivity index (χ4n) is 4.79. The van der Waals surface area contributed by atoms with Crippen molar-refractivity contribution >= 4 is 28.7 Å². The van der Waals surface area contributed by atoms with Gasteiger partial charge in [-0.2, -0.15) is 0 Å². The van der Waals surface area contributed by atoms with Crippen molar-refractivity contribution in [3.63, 3.8) is 0 Å². The van der Waals surface area contributed by atoms with Crippen LogP contribution in [0.5, 0.6) is 0 Å². The zero-order chi connectivity index (χ0) is 25.4. The average molecular weight is 525 g/mol. The molecular weight excluding hydrogens is 494 g/mol. The Kier molecular flexibility index (Phi) is 7.54. The van der Waals surface area contributed by atoms with Gasteiger partial charge in [0.15, 0.2) is 28.3 Å². The zero-order valence-electron chi connectivity index (χ0n) is 19.8. The molecule has 0 bridgehead atoms. The number of hydrogen-bond acceptors (Lipinski definition) is 10. The molecule has 0 amide bonds. The van der Waals surface area contributed by atoms with Crippen LogP contribution in [0.3, 0.4) is 0 Å². The Bertz CT molecular complexity index is 1160. The molecule has 0 spiro atoms. The molecule has 2 aromatic rings. The van der Waals surface area contributed by atoms with Gasteiger partial charge < -0.3 is 25.4 Å². The van der Waals surface area contributed by atoms with E-state index in [0.29, 0.717) is 22.1 Å². The highest BCUT2D eigenvalue weighted by Crippen LogP contribution is 2.43. The van der Waals surface area contributed by atoms with E-state index in [1.54, 1.807) is 6.08 Å². The molecule has 2 aromatic heterocycles. The smallest absolute Gasteiger partial charge is 0.191 e. The normalized spacial score (nSPS) is 32.0. The second-order valence-electron chi connectivity index (χ2n) is 9.36. The average Bonchev–Trinajstić information content (AvgIpc) is 3.41. The molecule has 5 rings (SSSR count). The Balaban J connectivity index is 1.41. The van der Waals surface area contributed by atoms with Crippen LogP contribution in [0.15, 0.2) is 28.7 Å². The van der Waals surface area contributed by atoms with E-state index in [9.17, 15) is 19.0 Å². The predicted octanol–water partition coefficient (Wildman–Crippen LogP) is 2.09. The highest BCUT2D eigenvalue weighted by molar-refractivity contribution is 7.99. The number of ether oxygens (including phenoxy) is 1. The van der Waals surface area contributed by atoms with Crippen molar-refractivity contribution in [2.24, 2.45) is 5.92 Å². The first-order valence-electron chi connectivity index (χ1n) is 12.2. The van der Waals surface area contributed by atoms with Crippen LogP contribution in [-0.2, 0) is 4.74 Å². The molecule has 4 N–H and O–H groups in total. The summed E-state index contributed by atoms with van der Waals surface area (Å²) < 4.78 is 34.2. The summed E-state index contributed by atoms with van der Waals surface area (Å²) in [6.07, 6.45) is 0.529. The van der Waals surface area contributed by atoms with Crippen LogP contribution in [0.2, 0.25) is 0 Å². The minimum atomic E-state index is -1.56. The van der Waals surface area contributed by atoms with Gasteiger partial charge in [0.05, 0.1) is 25.4 Å². The van der Waals surface area contributed by atoms with E-state index in [1.165, 1.54) is 22.5 Å². The minimum Gasteiger partial charge on any atom is -0.394 e. The summed E-state index contributed by atoms with van der Waals surface area (Å²) in [5, 5.41) is 42.6. The Morgan fingerprint density at radius 1 is 1.25 bits per heavy atom. The first-order chi connectivity index (χ1) is 17.4. The number of alkyl halides is 1. The summed E-state index contributed by atoms with van der Waals surface area (Å²) in [7, 11) is 0. The number of thioether (sulfide) groups is 1. The lowest BCUT2D eigenvalue weighted by Crippen LogP contribution is -2.33. The van der Waals surface area contributed by atoms with Crippen LogP contribution in [-0.4, -0.2) is 89.8 Å². The molecule has 2 saturated carbocycles. The van der Waals surface area contributed by atoms with Crippen LogP contribution in [0.4, 0.5) is 14.6 Å². The van der Waals surface area contributed by atoms with E-state index in [0.717, 1.165) is 24.2 Å². The standard InChI is InChI=1S/C23H30F2N6O4S/c1-2-7-36-23-27-21(26-15-9-12(15)11-3-4-13(24)14(25)8-11)18-22(28-23)31(30-29-18)16-10-17(35-6-5-32)20(34)19(16)33/h3,8,12-13,15-17,19-20,32-34H,2,4-7,9-10H2,1H3,(H,26,27,28)/t12-,13?,15+,16+,17-,19-,20+/m0/s1. The number of nitrogens with zero attached hydrogens (tertiary/aromatic N) is 5. The number of anilines is 1. The molecule has 0 aliphatic heterocycles. The maximum atomic E-state index is 13.8. The molecule has 0 radical (unpaired) electrons. The number of aromatic nitrogens is 5. The van der Waals surface area contributed by atoms with Crippen molar-refractivity contribution < 1.29 is 28.8 Å². The molecule has 36 heavy (non-hydrogen) atoms. The quantitative estimate of drug-likeness (QED) is 0.270. The topological polar surface area (TPSA) is 138 Å². The Labute approximate surface area is 210 Å². The Morgan fingerprint density at radius 2 is 2.08 bits per heavy atom. The summed E-state index contributed by atoms with van der Waals surface area (Å²) in [6.45, 7) is 1.92. The minimum absolute atomic E-state index is 0.0149. The van der Waals surface area contributed by atoms with Gasteiger partial charge in [-0.3, -0.25) is 0 Å². The molecule has 0 aromatic carbocycles. The summed E-state index contributed by atoms with van der Waals surface area (Å²) in [6, 6.07) is -0.637. The van der Waals surface area contributed by atoms with Gasteiger partial charge in [-0.1, -0.05) is 30.0 Å². The van der Waals surface area contributed by atoms with Crippen molar-refractivity contribution in [2.45, 2.75) is 74.3 Å². The highest BCUT2D eigenvalue weighted by Gasteiger charge is 2.45. The van der Waals surface area contributed by atoms with Crippen LogP contribution < -0.4 is 5.32 Å². The monoisotopic (exact) mass is 524 g/mol. The van der Waals surface area contributed by atoms with Crippen molar-refractivity contribution in [2.75, 3.05) is 24.3 Å². The Hall–Kier alpha value is -2.19. The van der Waals surface area contributed by atoms with Gasteiger partial charge in [0.2, 0.25) is 0 Å². The molecular formula is C23H30F2N6O4S. The van der Waals surface area contributed by atoms with E-state index in [2.05, 4.69) is 32.5 Å². The van der Waals surface area contributed by atoms with Crippen LogP contribution >= 0.6 is 11.8 Å². The van der Waals surface area contributed by atoms with Gasteiger partial charge in [0.1, 0.15) is 18.0 Å². The van der Waals surface area contributed by atoms with Gasteiger partial charge >= 0.3 is 0 Å². The lowest BCUT2D eigenvalue weighted by atomic mass is 10.0. The van der Waals surface area contributed by atoms with E-state index >= 15 is 0 Å². The maximum absolute atomic E-state index is 13.8. The van der Waals surface area contributed by atoms with E-state index in [1.807, 2.05) is 0 Å². The summed E-state index contributed by atoms with van der Waals surface area (Å²) in [4.78, 5) is 9.29. The predicted molar refractivity (Wildman–Crippen MR) is 129 cm³/mol. The second kappa shape index (κ2) is 10.7. The number of aliphatic hydroxyl groups is 3. The van der Waals surface area contributed by atoms with E-state index < -0.39 is 36.4 Å². The summed E-state index contributed by atoms with van der Waals surface area (Å²) in [5.41, 5.74) is 1.63. The summed E-state index contributed by atoms with van der Waals surface area (Å²) >= 11 is 1.49. The molecule has 7 atom stereocenters. The fraction of sp³-hybridized carbons (Fsp3) is 0.652. The van der Waals surface area contributed by atoms with Crippen LogP contribution in [0.1, 0.15) is 38.6 Å². The van der Waals surface area contributed by atoms with Crippen LogP contribution in [0, 0.1) is 5.92 Å². The number of allylic oxidation sites excluding steroid dienone is 3. The SMILES string of the molecule is CCCSc1nc(N[C@@H]2C[C@H]2C2=CCC(F)C(F)=C2)c2nnn([C@@H]3C[C@H](OCCO)[C@@H](O)[C@H]3O)c2n1. The first-order valence-corrected chi connectivity index (χ1v) is 13.2. The maximum Gasteiger partial charge on any atom is 0.191 e. The fourth-order valence-corrected chi connectivity index (χ4v) is 5.48. The lowest BCUT2D eigenvalue weighted by molar-refractivity contribution is -0.0629. The van der Waals surface area contributed by atoms with Gasteiger partial charge in [-0.15, -0.1) is 5.10 Å². The van der Waals surface area contributed by atoms with Gasteiger partial charge in [0.25, 0.3) is 0 Å². The first kappa shape index (κ1) is 25.5.